The highest BCUT2D eigenvalue weighted by Gasteiger charge is 2.07. The van der Waals surface area contributed by atoms with E-state index in [1.54, 1.807) is 13.3 Å². The minimum Gasteiger partial charge on any atom is -0.486 e. The van der Waals surface area contributed by atoms with Crippen molar-refractivity contribution in [2.45, 2.75) is 0 Å². The van der Waals surface area contributed by atoms with Crippen LogP contribution < -0.4 is 4.74 Å². The highest BCUT2D eigenvalue weighted by molar-refractivity contribution is 9.10. The van der Waals surface area contributed by atoms with E-state index in [1.807, 2.05) is 24.3 Å². The highest BCUT2D eigenvalue weighted by Crippen LogP contribution is 2.35. The predicted molar refractivity (Wildman–Crippen MR) is 59.1 cm³/mol. The van der Waals surface area contributed by atoms with E-state index in [9.17, 15) is 4.57 Å². The Bertz CT molecular complexity index is 315. The molecule has 4 heteroatoms. The number of ether oxygens (including phenoxy) is 1. The van der Waals surface area contributed by atoms with E-state index < -0.39 is 7.14 Å². The van der Waals surface area contributed by atoms with Gasteiger partial charge in [0.2, 0.25) is 0 Å². The maximum Gasteiger partial charge on any atom is 0.140 e. The number of hydrogen-bond acceptors (Lipinski definition) is 2. The first-order valence-corrected chi connectivity index (χ1v) is 7.48. The normalized spacial score (nSPS) is 11.3. The van der Waals surface area contributed by atoms with Crippen molar-refractivity contribution < 1.29 is 9.30 Å². The number of hydrogen-bond donors (Lipinski definition) is 0. The fourth-order valence-electron chi connectivity index (χ4n) is 0.761. The van der Waals surface area contributed by atoms with Gasteiger partial charge in [-0.3, -0.25) is 0 Å². The average Bonchev–Trinajstić information content (AvgIpc) is 2.02. The second kappa shape index (κ2) is 4.30. The van der Waals surface area contributed by atoms with Crippen LogP contribution in [0.5, 0.6) is 5.75 Å². The lowest BCUT2D eigenvalue weighted by atomic mass is 10.3. The summed E-state index contributed by atoms with van der Waals surface area (Å²) >= 11 is 3.33. The van der Waals surface area contributed by atoms with Crippen LogP contribution in [0, 0.1) is 0 Å². The van der Waals surface area contributed by atoms with E-state index in [0.717, 1.165) is 10.2 Å². The summed E-state index contributed by atoms with van der Waals surface area (Å²) in [6.45, 7) is 3.43. The Morgan fingerprint density at radius 1 is 1.31 bits per heavy atom. The lowest BCUT2D eigenvalue weighted by Gasteiger charge is -2.08. The minimum absolute atomic E-state index is 0.300. The molecule has 13 heavy (non-hydrogen) atoms. The molecule has 0 amide bonds. The average molecular weight is 263 g/mol. The van der Waals surface area contributed by atoms with Crippen molar-refractivity contribution >= 4 is 23.1 Å². The van der Waals surface area contributed by atoms with Crippen LogP contribution in [0.1, 0.15) is 0 Å². The van der Waals surface area contributed by atoms with Crippen LogP contribution in [0.25, 0.3) is 0 Å². The molecule has 0 aliphatic carbocycles. The van der Waals surface area contributed by atoms with Crippen LogP contribution in [-0.4, -0.2) is 19.7 Å². The van der Waals surface area contributed by atoms with Gasteiger partial charge >= 0.3 is 0 Å². The van der Waals surface area contributed by atoms with Gasteiger partial charge in [0.1, 0.15) is 19.2 Å². The van der Waals surface area contributed by atoms with E-state index >= 15 is 0 Å². The third-order valence-electron chi connectivity index (χ3n) is 1.36. The van der Waals surface area contributed by atoms with Gasteiger partial charge in [-0.1, -0.05) is 15.9 Å². The van der Waals surface area contributed by atoms with E-state index in [4.69, 9.17) is 4.74 Å². The van der Waals surface area contributed by atoms with Crippen LogP contribution in [0.3, 0.4) is 0 Å². The molecule has 0 saturated heterocycles. The second-order valence-electron chi connectivity index (χ2n) is 3.30. The molecule has 0 spiro atoms. The molecule has 1 aromatic carbocycles. The highest BCUT2D eigenvalue weighted by atomic mass is 79.9. The van der Waals surface area contributed by atoms with Gasteiger partial charge in [-0.05, 0) is 37.6 Å². The monoisotopic (exact) mass is 262 g/mol. The summed E-state index contributed by atoms with van der Waals surface area (Å²) in [5.74, 6) is 0.757. The Kier molecular flexibility index (Phi) is 3.57. The first-order chi connectivity index (χ1) is 5.97. The number of halogens is 1. The molecule has 0 radical (unpaired) electrons. The van der Waals surface area contributed by atoms with E-state index in [2.05, 4.69) is 15.9 Å². The molecule has 0 saturated carbocycles. The lowest BCUT2D eigenvalue weighted by molar-refractivity contribution is 0.378. The van der Waals surface area contributed by atoms with Crippen LogP contribution in [0.2, 0.25) is 0 Å². The van der Waals surface area contributed by atoms with Gasteiger partial charge < -0.3 is 9.30 Å². The van der Waals surface area contributed by atoms with Gasteiger partial charge in [0.25, 0.3) is 0 Å². The van der Waals surface area contributed by atoms with Gasteiger partial charge in [-0.2, -0.15) is 0 Å². The molecule has 1 aromatic rings. The van der Waals surface area contributed by atoms with Crippen molar-refractivity contribution in [3.05, 3.63) is 28.7 Å². The smallest absolute Gasteiger partial charge is 0.140 e. The van der Waals surface area contributed by atoms with Gasteiger partial charge in [-0.15, -0.1) is 0 Å². The maximum atomic E-state index is 11.3. The Labute approximate surface area is 86.8 Å². The van der Waals surface area contributed by atoms with E-state index in [0.29, 0.717) is 6.35 Å². The summed E-state index contributed by atoms with van der Waals surface area (Å²) in [6.07, 6.45) is 0.300. The molecule has 0 aliphatic rings. The largest absolute Gasteiger partial charge is 0.486 e. The molecule has 0 heterocycles. The third kappa shape index (κ3) is 4.49. The standard InChI is InChI=1S/C9H12BrO2P/c1-13(2,11)7-12-9-5-3-8(10)4-6-9/h3-6H,7H2,1-2H3. The fraction of sp³-hybridized carbons (Fsp3) is 0.333. The summed E-state index contributed by atoms with van der Waals surface area (Å²) < 4.78 is 17.7. The predicted octanol–water partition coefficient (Wildman–Crippen LogP) is 3.41. The molecule has 0 atom stereocenters. The zero-order chi connectivity index (χ0) is 9.90. The van der Waals surface area contributed by atoms with Crippen LogP contribution >= 0.6 is 23.1 Å². The zero-order valence-corrected chi connectivity index (χ0v) is 10.1. The van der Waals surface area contributed by atoms with Crippen molar-refractivity contribution in [1.82, 2.24) is 0 Å². The summed E-state index contributed by atoms with van der Waals surface area (Å²) in [5.41, 5.74) is 0. The summed E-state index contributed by atoms with van der Waals surface area (Å²) in [5, 5.41) is 0. The van der Waals surface area contributed by atoms with Crippen molar-refractivity contribution in [3.63, 3.8) is 0 Å². The van der Waals surface area contributed by atoms with Crippen LogP contribution in [0.4, 0.5) is 0 Å². The number of benzene rings is 1. The first kappa shape index (κ1) is 10.8. The number of rotatable bonds is 3. The Hall–Kier alpha value is -0.270. The molecule has 0 unspecified atom stereocenters. The first-order valence-electron chi connectivity index (χ1n) is 3.90. The van der Waals surface area contributed by atoms with Crippen molar-refractivity contribution in [1.29, 1.82) is 0 Å². The van der Waals surface area contributed by atoms with Crippen molar-refractivity contribution in [3.8, 4) is 5.75 Å². The van der Waals surface area contributed by atoms with Crippen LogP contribution in [0.15, 0.2) is 28.7 Å². The summed E-state index contributed by atoms with van der Waals surface area (Å²) in [7, 11) is -2.08. The second-order valence-corrected chi connectivity index (χ2v) is 7.62. The van der Waals surface area contributed by atoms with Gasteiger partial charge in [0.05, 0.1) is 0 Å². The Morgan fingerprint density at radius 2 is 1.85 bits per heavy atom. The molecule has 0 aliphatic heterocycles. The minimum atomic E-state index is -2.08. The molecule has 0 fully saturated rings. The Balaban J connectivity index is 2.56. The third-order valence-corrected chi connectivity index (χ3v) is 2.64. The van der Waals surface area contributed by atoms with E-state index in [1.165, 1.54) is 0 Å². The topological polar surface area (TPSA) is 26.3 Å². The van der Waals surface area contributed by atoms with E-state index in [-0.39, 0.29) is 0 Å². The van der Waals surface area contributed by atoms with Crippen LogP contribution in [-0.2, 0) is 4.57 Å². The Morgan fingerprint density at radius 3 is 2.31 bits per heavy atom. The van der Waals surface area contributed by atoms with Gasteiger partial charge in [0.15, 0.2) is 0 Å². The molecule has 0 bridgehead atoms. The maximum absolute atomic E-state index is 11.3. The van der Waals surface area contributed by atoms with Crippen molar-refractivity contribution in [2.24, 2.45) is 0 Å². The zero-order valence-electron chi connectivity index (χ0n) is 7.66. The molecule has 2 nitrogen and oxygen atoms in total. The van der Waals surface area contributed by atoms with Gasteiger partial charge in [-0.25, -0.2) is 0 Å². The lowest BCUT2D eigenvalue weighted by Crippen LogP contribution is -1.96. The van der Waals surface area contributed by atoms with Crippen molar-refractivity contribution in [2.75, 3.05) is 19.7 Å². The molecule has 0 aromatic heterocycles. The molecular formula is C9H12BrO2P. The summed E-state index contributed by atoms with van der Waals surface area (Å²) in [6, 6.07) is 7.48. The molecule has 1 rings (SSSR count). The molecule has 72 valence electrons. The fourth-order valence-corrected chi connectivity index (χ4v) is 1.49. The summed E-state index contributed by atoms with van der Waals surface area (Å²) in [4.78, 5) is 0. The SMILES string of the molecule is CP(C)(=O)COc1ccc(Br)cc1. The molecular weight excluding hydrogens is 251 g/mol. The van der Waals surface area contributed by atoms with Gasteiger partial charge in [0, 0.05) is 4.47 Å². The quantitative estimate of drug-likeness (QED) is 0.781. The molecule has 0 N–H and O–H groups in total.